The van der Waals surface area contributed by atoms with E-state index >= 15 is 0 Å². The van der Waals surface area contributed by atoms with Crippen LogP contribution in [0.25, 0.3) is 0 Å². The summed E-state index contributed by atoms with van der Waals surface area (Å²) >= 11 is 0. The quantitative estimate of drug-likeness (QED) is 0.455. The second kappa shape index (κ2) is 6.48. The molecule has 0 N–H and O–H groups in total. The van der Waals surface area contributed by atoms with Crippen molar-refractivity contribution < 1.29 is 19.1 Å². The first-order chi connectivity index (χ1) is 8.09. The van der Waals surface area contributed by atoms with Crippen molar-refractivity contribution in [1.29, 1.82) is 0 Å². The molecule has 0 aliphatic heterocycles. The number of carbonyl (C=O) groups excluding carboxylic acids is 2. The minimum Gasteiger partial charge on any atom is -0.457 e. The Kier molecular flexibility index (Phi) is 4.94. The van der Waals surface area contributed by atoms with Crippen LogP contribution in [0, 0.1) is 0 Å². The van der Waals surface area contributed by atoms with Gasteiger partial charge in [0.05, 0.1) is 5.57 Å². The molecule has 17 heavy (non-hydrogen) atoms. The summed E-state index contributed by atoms with van der Waals surface area (Å²) in [7, 11) is 0. The van der Waals surface area contributed by atoms with E-state index < -0.39 is 11.9 Å². The molecule has 0 unspecified atom stereocenters. The lowest BCUT2D eigenvalue weighted by atomic mass is 10.2. The highest BCUT2D eigenvalue weighted by atomic mass is 16.5. The van der Waals surface area contributed by atoms with E-state index in [-0.39, 0.29) is 12.2 Å². The molecule has 90 valence electrons. The molecular formula is C13H14O4. The third-order valence-corrected chi connectivity index (χ3v) is 1.94. The smallest absolute Gasteiger partial charge is 0.337 e. The highest BCUT2D eigenvalue weighted by Crippen LogP contribution is 2.04. The van der Waals surface area contributed by atoms with Gasteiger partial charge in [0.2, 0.25) is 0 Å². The molecule has 4 nitrogen and oxygen atoms in total. The van der Waals surface area contributed by atoms with Gasteiger partial charge in [-0.3, -0.25) is 4.79 Å². The van der Waals surface area contributed by atoms with Crippen LogP contribution < -0.4 is 0 Å². The van der Waals surface area contributed by atoms with Crippen molar-refractivity contribution in [2.75, 3.05) is 0 Å². The van der Waals surface area contributed by atoms with Crippen LogP contribution in [0.4, 0.5) is 0 Å². The highest BCUT2D eigenvalue weighted by Gasteiger charge is 2.06. The molecule has 0 atom stereocenters. The summed E-state index contributed by atoms with van der Waals surface area (Å²) in [6.07, 6.45) is 1.09. The molecule has 0 aromatic heterocycles. The van der Waals surface area contributed by atoms with E-state index in [1.54, 1.807) is 0 Å². The SMILES string of the molecule is CC(=O)O/C=C(/C)C(=O)OCc1ccccc1. The lowest BCUT2D eigenvalue weighted by Crippen LogP contribution is -2.07. The number of carbonyl (C=O) groups is 2. The Bertz CT molecular complexity index is 420. The molecule has 0 spiro atoms. The van der Waals surface area contributed by atoms with Crippen LogP contribution in [0.2, 0.25) is 0 Å². The number of rotatable bonds is 4. The van der Waals surface area contributed by atoms with E-state index in [0.29, 0.717) is 0 Å². The van der Waals surface area contributed by atoms with Gasteiger partial charge in [0.15, 0.2) is 0 Å². The summed E-state index contributed by atoms with van der Waals surface area (Å²) in [5.41, 5.74) is 1.15. The summed E-state index contributed by atoms with van der Waals surface area (Å²) in [6.45, 7) is 2.99. The molecule has 0 bridgehead atoms. The average molecular weight is 234 g/mol. The lowest BCUT2D eigenvalue weighted by Gasteiger charge is -2.04. The molecule has 4 heteroatoms. The van der Waals surface area contributed by atoms with Crippen molar-refractivity contribution >= 4 is 11.9 Å². The van der Waals surface area contributed by atoms with Crippen LogP contribution in [-0.4, -0.2) is 11.9 Å². The van der Waals surface area contributed by atoms with E-state index in [9.17, 15) is 9.59 Å². The van der Waals surface area contributed by atoms with Gasteiger partial charge in [0.1, 0.15) is 12.9 Å². The molecule has 0 amide bonds. The largest absolute Gasteiger partial charge is 0.457 e. The fraction of sp³-hybridized carbons (Fsp3) is 0.231. The van der Waals surface area contributed by atoms with Crippen LogP contribution in [0.5, 0.6) is 0 Å². The molecule has 0 saturated carbocycles. The molecule has 1 rings (SSSR count). The zero-order valence-electron chi connectivity index (χ0n) is 9.80. The molecule has 1 aromatic rings. The van der Waals surface area contributed by atoms with Gasteiger partial charge in [-0.1, -0.05) is 30.3 Å². The Morgan fingerprint density at radius 3 is 2.41 bits per heavy atom. The van der Waals surface area contributed by atoms with Crippen LogP contribution in [0.1, 0.15) is 19.4 Å². The van der Waals surface area contributed by atoms with Crippen LogP contribution in [-0.2, 0) is 25.7 Å². The predicted molar refractivity (Wildman–Crippen MR) is 61.8 cm³/mol. The predicted octanol–water partition coefficient (Wildman–Crippen LogP) is 2.20. The van der Waals surface area contributed by atoms with Gasteiger partial charge in [0.25, 0.3) is 0 Å². The summed E-state index contributed by atoms with van der Waals surface area (Å²) < 4.78 is 9.60. The van der Waals surface area contributed by atoms with E-state index in [4.69, 9.17) is 4.74 Å². The number of esters is 2. The Morgan fingerprint density at radius 1 is 1.18 bits per heavy atom. The zero-order valence-corrected chi connectivity index (χ0v) is 9.80. The van der Waals surface area contributed by atoms with Crippen molar-refractivity contribution in [2.24, 2.45) is 0 Å². The lowest BCUT2D eigenvalue weighted by molar-refractivity contribution is -0.140. The van der Waals surface area contributed by atoms with Crippen LogP contribution in [0.3, 0.4) is 0 Å². The van der Waals surface area contributed by atoms with Crippen molar-refractivity contribution in [3.8, 4) is 0 Å². The maximum absolute atomic E-state index is 11.4. The third-order valence-electron chi connectivity index (χ3n) is 1.94. The minimum atomic E-state index is -0.505. The molecule has 1 aromatic carbocycles. The molecule has 0 aliphatic carbocycles. The molecule has 0 fully saturated rings. The van der Waals surface area contributed by atoms with Gasteiger partial charge in [-0.05, 0) is 12.5 Å². The first-order valence-corrected chi connectivity index (χ1v) is 5.14. The number of ether oxygens (including phenoxy) is 2. The second-order valence-corrected chi connectivity index (χ2v) is 3.47. The molecule has 0 radical (unpaired) electrons. The van der Waals surface area contributed by atoms with Gasteiger partial charge < -0.3 is 9.47 Å². The van der Waals surface area contributed by atoms with Crippen molar-refractivity contribution in [2.45, 2.75) is 20.5 Å². The minimum absolute atomic E-state index is 0.199. The van der Waals surface area contributed by atoms with Crippen molar-refractivity contribution in [3.05, 3.63) is 47.7 Å². The van der Waals surface area contributed by atoms with E-state index in [0.717, 1.165) is 11.8 Å². The maximum atomic E-state index is 11.4. The van der Waals surface area contributed by atoms with Gasteiger partial charge in [-0.2, -0.15) is 0 Å². The highest BCUT2D eigenvalue weighted by molar-refractivity contribution is 5.87. The number of hydrogen-bond donors (Lipinski definition) is 0. The first-order valence-electron chi connectivity index (χ1n) is 5.14. The monoisotopic (exact) mass is 234 g/mol. The zero-order chi connectivity index (χ0) is 12.7. The number of benzene rings is 1. The molecule has 0 saturated heterocycles. The standard InChI is InChI=1S/C13H14O4/c1-10(8-16-11(2)14)13(15)17-9-12-6-4-3-5-7-12/h3-8H,9H2,1-2H3/b10-8-. The van der Waals surface area contributed by atoms with Gasteiger partial charge in [0, 0.05) is 6.92 Å². The summed E-state index contributed by atoms with van der Waals surface area (Å²) in [6, 6.07) is 9.34. The maximum Gasteiger partial charge on any atom is 0.337 e. The van der Waals surface area contributed by atoms with E-state index in [2.05, 4.69) is 4.74 Å². The Labute approximate surface area is 99.8 Å². The van der Waals surface area contributed by atoms with Gasteiger partial charge in [-0.25, -0.2) is 4.79 Å². The summed E-state index contributed by atoms with van der Waals surface area (Å²) in [5, 5.41) is 0. The normalized spacial score (nSPS) is 10.8. The fourth-order valence-electron chi connectivity index (χ4n) is 1.06. The van der Waals surface area contributed by atoms with Crippen molar-refractivity contribution in [1.82, 2.24) is 0 Å². The average Bonchev–Trinajstić information content (AvgIpc) is 2.34. The van der Waals surface area contributed by atoms with E-state index in [1.807, 2.05) is 30.3 Å². The first kappa shape index (κ1) is 13.0. The molecular weight excluding hydrogens is 220 g/mol. The fourth-order valence-corrected chi connectivity index (χ4v) is 1.06. The number of hydrogen-bond acceptors (Lipinski definition) is 4. The summed E-state index contributed by atoms with van der Waals surface area (Å²) in [5.74, 6) is -0.977. The Hall–Kier alpha value is -2.10. The van der Waals surface area contributed by atoms with Crippen LogP contribution in [0.15, 0.2) is 42.2 Å². The topological polar surface area (TPSA) is 52.6 Å². The van der Waals surface area contributed by atoms with E-state index in [1.165, 1.54) is 13.8 Å². The second-order valence-electron chi connectivity index (χ2n) is 3.47. The van der Waals surface area contributed by atoms with Gasteiger partial charge in [-0.15, -0.1) is 0 Å². The summed E-state index contributed by atoms with van der Waals surface area (Å²) in [4.78, 5) is 22.0. The van der Waals surface area contributed by atoms with Crippen LogP contribution >= 0.6 is 0 Å². The molecule has 0 heterocycles. The Morgan fingerprint density at radius 2 is 1.82 bits per heavy atom. The Balaban J connectivity index is 2.44. The molecule has 0 aliphatic rings. The van der Waals surface area contributed by atoms with Crippen molar-refractivity contribution in [3.63, 3.8) is 0 Å². The third kappa shape index (κ3) is 4.97. The van der Waals surface area contributed by atoms with Gasteiger partial charge >= 0.3 is 11.9 Å².